The van der Waals surface area contributed by atoms with Crippen LogP contribution in [0.25, 0.3) is 0 Å². The van der Waals surface area contributed by atoms with Gasteiger partial charge in [0.25, 0.3) is 5.91 Å². The van der Waals surface area contributed by atoms with E-state index in [1.54, 1.807) is 23.5 Å². The highest BCUT2D eigenvalue weighted by Gasteiger charge is 2.42. The average Bonchev–Trinajstić information content (AvgIpc) is 2.84. The van der Waals surface area contributed by atoms with Crippen LogP contribution < -0.4 is 10.2 Å². The van der Waals surface area contributed by atoms with Crippen LogP contribution in [0.5, 0.6) is 0 Å². The van der Waals surface area contributed by atoms with Crippen molar-refractivity contribution >= 4 is 17.5 Å². The third-order valence-electron chi connectivity index (χ3n) is 4.09. The number of quaternary nitrogens is 1. The van der Waals surface area contributed by atoms with E-state index in [0.29, 0.717) is 24.2 Å². The van der Waals surface area contributed by atoms with E-state index in [4.69, 9.17) is 0 Å². The maximum absolute atomic E-state index is 13.6. The Kier molecular flexibility index (Phi) is 4.66. The minimum Gasteiger partial charge on any atom is -0.335 e. The number of amides is 2. The Hall–Kier alpha value is -2.60. The van der Waals surface area contributed by atoms with E-state index >= 15 is 0 Å². The smallest absolute Gasteiger partial charge is 0.292 e. The van der Waals surface area contributed by atoms with Gasteiger partial charge in [-0.25, -0.2) is 13.7 Å². The molecular formula is C18H17F2N2O2+. The molecule has 0 radical (unpaired) electrons. The minimum absolute atomic E-state index is 0.0908. The number of benzene rings is 2. The van der Waals surface area contributed by atoms with Crippen molar-refractivity contribution < 1.29 is 23.7 Å². The van der Waals surface area contributed by atoms with Crippen LogP contribution in [0.3, 0.4) is 0 Å². The molecule has 124 valence electrons. The maximum atomic E-state index is 13.6. The molecule has 1 aliphatic rings. The van der Waals surface area contributed by atoms with Crippen LogP contribution in [0.2, 0.25) is 0 Å². The molecule has 1 atom stereocenters. The number of rotatable bonds is 5. The lowest BCUT2D eigenvalue weighted by Crippen LogP contribution is -2.92. The molecule has 3 rings (SSSR count). The highest BCUT2D eigenvalue weighted by Crippen LogP contribution is 2.21. The number of hydrogen-bond acceptors (Lipinski definition) is 2. The van der Waals surface area contributed by atoms with Crippen molar-refractivity contribution in [2.24, 2.45) is 0 Å². The van der Waals surface area contributed by atoms with Crippen LogP contribution in [-0.2, 0) is 16.0 Å². The molecule has 0 aliphatic carbocycles. The van der Waals surface area contributed by atoms with Crippen molar-refractivity contribution in [3.05, 3.63) is 65.7 Å². The van der Waals surface area contributed by atoms with Gasteiger partial charge in [0.2, 0.25) is 5.91 Å². The summed E-state index contributed by atoms with van der Waals surface area (Å²) < 4.78 is 26.6. The van der Waals surface area contributed by atoms with Crippen LogP contribution in [0.15, 0.2) is 48.5 Å². The van der Waals surface area contributed by atoms with E-state index < -0.39 is 11.9 Å². The largest absolute Gasteiger partial charge is 0.335 e. The molecule has 1 aliphatic heterocycles. The van der Waals surface area contributed by atoms with Crippen molar-refractivity contribution in [2.45, 2.75) is 18.9 Å². The lowest BCUT2D eigenvalue weighted by atomic mass is 10.1. The van der Waals surface area contributed by atoms with Crippen molar-refractivity contribution in [3.63, 3.8) is 0 Å². The van der Waals surface area contributed by atoms with Crippen molar-refractivity contribution in [3.8, 4) is 0 Å². The van der Waals surface area contributed by atoms with E-state index in [1.165, 1.54) is 30.3 Å². The Morgan fingerprint density at radius 1 is 1.04 bits per heavy atom. The zero-order valence-electron chi connectivity index (χ0n) is 12.9. The molecule has 2 amide bonds. The molecular weight excluding hydrogens is 314 g/mol. The maximum Gasteiger partial charge on any atom is 0.292 e. The highest BCUT2D eigenvalue weighted by molar-refractivity contribution is 6.21. The van der Waals surface area contributed by atoms with Crippen LogP contribution in [0.4, 0.5) is 14.5 Å². The number of nitrogens with zero attached hydrogens (tertiary/aromatic N) is 1. The van der Waals surface area contributed by atoms with Gasteiger partial charge in [-0.3, -0.25) is 9.59 Å². The fourth-order valence-electron chi connectivity index (χ4n) is 2.84. The standard InChI is InChI=1S/C18H16F2N2O2/c19-13-5-7-14(8-6-13)22-17(23)11-16(18(22)24)21-10-9-12-3-1-2-4-15(12)20/h1-8,16,21H,9-11H2/p+1/t16-/m1/s1. The summed E-state index contributed by atoms with van der Waals surface area (Å²) in [6, 6.07) is 11.2. The van der Waals surface area contributed by atoms with E-state index in [0.717, 1.165) is 4.90 Å². The van der Waals surface area contributed by atoms with Gasteiger partial charge in [-0.15, -0.1) is 0 Å². The second-order valence-corrected chi connectivity index (χ2v) is 5.72. The number of imide groups is 1. The first-order valence-electron chi connectivity index (χ1n) is 7.75. The molecule has 0 aromatic heterocycles. The SMILES string of the molecule is O=C1C[C@@H]([NH2+]CCc2ccccc2F)C(=O)N1c1ccc(F)cc1. The van der Waals surface area contributed by atoms with Gasteiger partial charge in [0.15, 0.2) is 6.04 Å². The molecule has 1 saturated heterocycles. The van der Waals surface area contributed by atoms with Crippen LogP contribution in [-0.4, -0.2) is 24.4 Å². The summed E-state index contributed by atoms with van der Waals surface area (Å²) >= 11 is 0. The third-order valence-corrected chi connectivity index (χ3v) is 4.09. The van der Waals surface area contributed by atoms with E-state index in [2.05, 4.69) is 0 Å². The van der Waals surface area contributed by atoms with Crippen molar-refractivity contribution in [1.29, 1.82) is 0 Å². The van der Waals surface area contributed by atoms with E-state index in [9.17, 15) is 18.4 Å². The van der Waals surface area contributed by atoms with Gasteiger partial charge >= 0.3 is 0 Å². The lowest BCUT2D eigenvalue weighted by molar-refractivity contribution is -0.674. The molecule has 1 heterocycles. The van der Waals surface area contributed by atoms with Gasteiger partial charge in [0, 0.05) is 6.42 Å². The molecule has 0 bridgehead atoms. The van der Waals surface area contributed by atoms with Crippen LogP contribution in [0.1, 0.15) is 12.0 Å². The average molecular weight is 331 g/mol. The summed E-state index contributed by atoms with van der Waals surface area (Å²) in [4.78, 5) is 25.6. The monoisotopic (exact) mass is 331 g/mol. The number of anilines is 1. The first-order chi connectivity index (χ1) is 11.6. The predicted molar refractivity (Wildman–Crippen MR) is 84.2 cm³/mol. The molecule has 0 spiro atoms. The summed E-state index contributed by atoms with van der Waals surface area (Å²) in [6.45, 7) is 0.502. The molecule has 1 fully saturated rings. The lowest BCUT2D eigenvalue weighted by Gasteiger charge is -2.14. The third kappa shape index (κ3) is 3.33. The number of carbonyl (C=O) groups excluding carboxylic acids is 2. The Morgan fingerprint density at radius 3 is 2.46 bits per heavy atom. The van der Waals surface area contributed by atoms with Gasteiger partial charge in [0.05, 0.1) is 18.7 Å². The second-order valence-electron chi connectivity index (χ2n) is 5.72. The highest BCUT2D eigenvalue weighted by atomic mass is 19.1. The van der Waals surface area contributed by atoms with Gasteiger partial charge in [-0.2, -0.15) is 0 Å². The predicted octanol–water partition coefficient (Wildman–Crippen LogP) is 1.40. The fourth-order valence-corrected chi connectivity index (χ4v) is 2.84. The summed E-state index contributed by atoms with van der Waals surface area (Å²) in [6.07, 6.45) is 0.564. The van der Waals surface area contributed by atoms with Gasteiger partial charge in [-0.1, -0.05) is 18.2 Å². The zero-order chi connectivity index (χ0) is 17.1. The van der Waals surface area contributed by atoms with Crippen LogP contribution in [0, 0.1) is 11.6 Å². The molecule has 2 aromatic carbocycles. The van der Waals surface area contributed by atoms with Gasteiger partial charge < -0.3 is 5.32 Å². The summed E-state index contributed by atoms with van der Waals surface area (Å²) in [5, 5.41) is 1.76. The molecule has 4 nitrogen and oxygen atoms in total. The molecule has 0 unspecified atom stereocenters. The Bertz CT molecular complexity index is 762. The molecule has 2 aromatic rings. The second kappa shape index (κ2) is 6.88. The van der Waals surface area contributed by atoms with Crippen molar-refractivity contribution in [2.75, 3.05) is 11.4 Å². The Morgan fingerprint density at radius 2 is 1.75 bits per heavy atom. The number of halogens is 2. The summed E-state index contributed by atoms with van der Waals surface area (Å²) in [7, 11) is 0. The number of hydrogen-bond donors (Lipinski definition) is 1. The molecule has 0 saturated carbocycles. The quantitative estimate of drug-likeness (QED) is 0.842. The Balaban J connectivity index is 1.62. The van der Waals surface area contributed by atoms with Crippen molar-refractivity contribution in [1.82, 2.24) is 0 Å². The number of nitrogens with two attached hydrogens (primary N) is 1. The zero-order valence-corrected chi connectivity index (χ0v) is 12.9. The summed E-state index contributed by atoms with van der Waals surface area (Å²) in [5.41, 5.74) is 0.956. The molecule has 6 heteroatoms. The van der Waals surface area contributed by atoms with Gasteiger partial charge in [0.1, 0.15) is 11.6 Å². The topological polar surface area (TPSA) is 54.0 Å². The molecule has 2 N–H and O–H groups in total. The normalized spacial score (nSPS) is 17.6. The molecule has 24 heavy (non-hydrogen) atoms. The minimum atomic E-state index is -0.519. The van der Waals surface area contributed by atoms with Crippen LogP contribution >= 0.6 is 0 Å². The van der Waals surface area contributed by atoms with E-state index in [1.807, 2.05) is 0 Å². The Labute approximate surface area is 138 Å². The fraction of sp³-hybridized carbons (Fsp3) is 0.222. The van der Waals surface area contributed by atoms with Gasteiger partial charge in [-0.05, 0) is 35.9 Å². The number of carbonyl (C=O) groups is 2. The van der Waals surface area contributed by atoms with E-state index in [-0.39, 0.29) is 24.1 Å². The first-order valence-corrected chi connectivity index (χ1v) is 7.75. The first kappa shape index (κ1) is 16.3. The summed E-state index contributed by atoms with van der Waals surface area (Å²) in [5.74, 6) is -1.32.